The largest absolute Gasteiger partial charge is 0.288 e. The quantitative estimate of drug-likeness (QED) is 0.624. The van der Waals surface area contributed by atoms with Gasteiger partial charge in [-0.3, -0.25) is 14.2 Å². The Morgan fingerprint density at radius 2 is 1.70 bits per heavy atom. The molecule has 1 aromatic carbocycles. The van der Waals surface area contributed by atoms with E-state index in [1.54, 1.807) is 12.3 Å². The Labute approximate surface area is 131 Å². The van der Waals surface area contributed by atoms with Crippen LogP contribution in [0, 0.1) is 0 Å². The van der Waals surface area contributed by atoms with Crippen LogP contribution in [-0.2, 0) is 9.13 Å². The standard InChI is InChI=1S/C14H10Cl3NO2/c1-9(19)18-8-11(10-5-3-2-4-6-10)7-12(18)14(16,17)13(15)20/h2-8H,1H3. The highest BCUT2D eigenvalue weighted by molar-refractivity contribution is 6.77. The van der Waals surface area contributed by atoms with Gasteiger partial charge < -0.3 is 0 Å². The van der Waals surface area contributed by atoms with Gasteiger partial charge in [-0.15, -0.1) is 0 Å². The van der Waals surface area contributed by atoms with Gasteiger partial charge in [0.15, 0.2) is 0 Å². The number of alkyl halides is 2. The summed E-state index contributed by atoms with van der Waals surface area (Å²) < 4.78 is -0.747. The summed E-state index contributed by atoms with van der Waals surface area (Å²) in [6.45, 7) is 1.35. The lowest BCUT2D eigenvalue weighted by Crippen LogP contribution is -2.24. The zero-order chi connectivity index (χ0) is 14.9. The molecule has 104 valence electrons. The van der Waals surface area contributed by atoms with E-state index in [-0.39, 0.29) is 11.6 Å². The minimum absolute atomic E-state index is 0.132. The molecule has 0 radical (unpaired) electrons. The minimum atomic E-state index is -1.97. The van der Waals surface area contributed by atoms with Crippen molar-refractivity contribution in [1.29, 1.82) is 0 Å². The lowest BCUT2D eigenvalue weighted by Gasteiger charge is -2.15. The molecule has 0 unspecified atom stereocenters. The van der Waals surface area contributed by atoms with Crippen molar-refractivity contribution in [2.45, 2.75) is 11.3 Å². The molecule has 0 spiro atoms. The molecule has 0 N–H and O–H groups in total. The SMILES string of the molecule is CC(=O)n1cc(-c2ccccc2)cc1C(Cl)(Cl)C(=O)Cl. The average molecular weight is 331 g/mol. The highest BCUT2D eigenvalue weighted by Crippen LogP contribution is 2.39. The van der Waals surface area contributed by atoms with E-state index >= 15 is 0 Å². The third-order valence-corrected chi connectivity index (χ3v) is 4.04. The highest BCUT2D eigenvalue weighted by atomic mass is 35.5. The van der Waals surface area contributed by atoms with E-state index in [1.165, 1.54) is 11.5 Å². The van der Waals surface area contributed by atoms with Gasteiger partial charge in [0.25, 0.3) is 5.24 Å². The van der Waals surface area contributed by atoms with Crippen molar-refractivity contribution in [3.05, 3.63) is 48.3 Å². The fraction of sp³-hybridized carbons (Fsp3) is 0.143. The van der Waals surface area contributed by atoms with Crippen LogP contribution in [0.15, 0.2) is 42.6 Å². The second-order valence-corrected chi connectivity index (χ2v) is 5.89. The molecule has 1 heterocycles. The maximum atomic E-state index is 11.7. The first-order valence-corrected chi connectivity index (χ1v) is 6.84. The van der Waals surface area contributed by atoms with Crippen molar-refractivity contribution in [3.63, 3.8) is 0 Å². The number of halogens is 3. The zero-order valence-corrected chi connectivity index (χ0v) is 12.7. The average Bonchev–Trinajstić information content (AvgIpc) is 2.85. The Balaban J connectivity index is 2.61. The predicted molar refractivity (Wildman–Crippen MR) is 80.4 cm³/mol. The Morgan fingerprint density at radius 3 is 2.20 bits per heavy atom. The number of carbonyl (C=O) groups is 2. The molecule has 6 heteroatoms. The van der Waals surface area contributed by atoms with Crippen LogP contribution in [0.4, 0.5) is 0 Å². The molecule has 2 rings (SSSR count). The van der Waals surface area contributed by atoms with Gasteiger partial charge in [-0.05, 0) is 23.2 Å². The smallest absolute Gasteiger partial charge is 0.263 e. The van der Waals surface area contributed by atoms with Gasteiger partial charge in [-0.1, -0.05) is 53.5 Å². The maximum absolute atomic E-state index is 11.7. The normalized spacial score (nSPS) is 11.4. The van der Waals surface area contributed by atoms with E-state index in [9.17, 15) is 9.59 Å². The minimum Gasteiger partial charge on any atom is -0.288 e. The van der Waals surface area contributed by atoms with Crippen LogP contribution in [0.5, 0.6) is 0 Å². The Kier molecular flexibility index (Phi) is 4.23. The Hall–Kier alpha value is -1.29. The monoisotopic (exact) mass is 329 g/mol. The summed E-state index contributed by atoms with van der Waals surface area (Å²) in [4.78, 5) is 23.0. The molecular weight excluding hydrogens is 321 g/mol. The lowest BCUT2D eigenvalue weighted by atomic mass is 10.1. The topological polar surface area (TPSA) is 39.1 Å². The van der Waals surface area contributed by atoms with Crippen molar-refractivity contribution in [2.75, 3.05) is 0 Å². The van der Waals surface area contributed by atoms with E-state index < -0.39 is 9.58 Å². The number of carbonyl (C=O) groups excluding carboxylic acids is 2. The molecule has 2 aromatic rings. The molecule has 0 bridgehead atoms. The fourth-order valence-corrected chi connectivity index (χ4v) is 2.24. The third-order valence-electron chi connectivity index (χ3n) is 2.83. The highest BCUT2D eigenvalue weighted by Gasteiger charge is 2.38. The molecule has 0 fully saturated rings. The number of hydrogen-bond acceptors (Lipinski definition) is 2. The molecule has 3 nitrogen and oxygen atoms in total. The number of rotatable bonds is 3. The van der Waals surface area contributed by atoms with Crippen molar-refractivity contribution < 1.29 is 9.59 Å². The first kappa shape index (κ1) is 15.1. The van der Waals surface area contributed by atoms with Crippen LogP contribution < -0.4 is 0 Å². The second-order valence-electron chi connectivity index (χ2n) is 4.22. The molecule has 0 saturated carbocycles. The van der Waals surface area contributed by atoms with Gasteiger partial charge in [0.05, 0.1) is 5.69 Å². The summed E-state index contributed by atoms with van der Waals surface area (Å²) in [7, 11) is 0. The summed E-state index contributed by atoms with van der Waals surface area (Å²) in [5.41, 5.74) is 1.73. The van der Waals surface area contributed by atoms with Crippen LogP contribution in [0.2, 0.25) is 0 Å². The summed E-state index contributed by atoms with van der Waals surface area (Å²) >= 11 is 17.3. The van der Waals surface area contributed by atoms with Crippen LogP contribution >= 0.6 is 34.8 Å². The van der Waals surface area contributed by atoms with E-state index in [2.05, 4.69) is 0 Å². The molecule has 0 aliphatic heterocycles. The maximum Gasteiger partial charge on any atom is 0.263 e. The number of aromatic nitrogens is 1. The summed E-state index contributed by atoms with van der Waals surface area (Å²) in [5.74, 6) is -0.314. The summed E-state index contributed by atoms with van der Waals surface area (Å²) in [6.07, 6.45) is 1.58. The van der Waals surface area contributed by atoms with E-state index in [0.29, 0.717) is 0 Å². The van der Waals surface area contributed by atoms with Crippen LogP contribution in [0.3, 0.4) is 0 Å². The lowest BCUT2D eigenvalue weighted by molar-refractivity contribution is -0.112. The van der Waals surface area contributed by atoms with Crippen LogP contribution in [0.1, 0.15) is 17.4 Å². The molecule has 0 atom stereocenters. The molecule has 0 amide bonds. The van der Waals surface area contributed by atoms with E-state index in [0.717, 1.165) is 11.1 Å². The van der Waals surface area contributed by atoms with Gasteiger partial charge in [0.2, 0.25) is 10.2 Å². The van der Waals surface area contributed by atoms with Gasteiger partial charge in [0.1, 0.15) is 0 Å². The summed E-state index contributed by atoms with van der Waals surface area (Å²) in [5, 5.41) is -0.957. The van der Waals surface area contributed by atoms with Crippen molar-refractivity contribution >= 4 is 46.0 Å². The van der Waals surface area contributed by atoms with Gasteiger partial charge in [-0.25, -0.2) is 0 Å². The first-order valence-electron chi connectivity index (χ1n) is 5.71. The zero-order valence-electron chi connectivity index (χ0n) is 10.4. The number of benzene rings is 1. The molecule has 0 aliphatic rings. The van der Waals surface area contributed by atoms with Crippen LogP contribution in [-0.4, -0.2) is 15.7 Å². The molecule has 20 heavy (non-hydrogen) atoms. The fourth-order valence-electron chi connectivity index (χ4n) is 1.85. The van der Waals surface area contributed by atoms with Crippen LogP contribution in [0.25, 0.3) is 11.1 Å². The molecule has 1 aromatic heterocycles. The third kappa shape index (κ3) is 2.75. The van der Waals surface area contributed by atoms with Gasteiger partial charge in [-0.2, -0.15) is 0 Å². The first-order chi connectivity index (χ1) is 9.34. The Morgan fingerprint density at radius 1 is 1.10 bits per heavy atom. The predicted octanol–water partition coefficient (Wildman–Crippen LogP) is 4.21. The Bertz CT molecular complexity index is 662. The number of hydrogen-bond donors (Lipinski definition) is 0. The molecule has 0 saturated heterocycles. The van der Waals surface area contributed by atoms with Gasteiger partial charge in [0, 0.05) is 18.7 Å². The molecule has 0 aliphatic carbocycles. The van der Waals surface area contributed by atoms with Crippen molar-refractivity contribution in [1.82, 2.24) is 4.57 Å². The second kappa shape index (κ2) is 5.60. The van der Waals surface area contributed by atoms with Crippen molar-refractivity contribution in [2.24, 2.45) is 0 Å². The van der Waals surface area contributed by atoms with Gasteiger partial charge >= 0.3 is 0 Å². The van der Waals surface area contributed by atoms with E-state index in [4.69, 9.17) is 34.8 Å². The number of nitrogens with zero attached hydrogens (tertiary/aromatic N) is 1. The molecular formula is C14H10Cl3NO2. The van der Waals surface area contributed by atoms with E-state index in [1.807, 2.05) is 30.3 Å². The van der Waals surface area contributed by atoms with Crippen molar-refractivity contribution in [3.8, 4) is 11.1 Å². The summed E-state index contributed by atoms with van der Waals surface area (Å²) in [6, 6.07) is 10.9.